The van der Waals surface area contributed by atoms with Crippen LogP contribution in [-0.4, -0.2) is 58.6 Å². The first-order valence-electron chi connectivity index (χ1n) is 11.8. The third-order valence-electron chi connectivity index (χ3n) is 5.13. The number of nitrogens with one attached hydrogen (secondary N) is 1. The van der Waals surface area contributed by atoms with Gasteiger partial charge in [0, 0.05) is 12.8 Å². The van der Waals surface area contributed by atoms with Crippen molar-refractivity contribution in [1.29, 1.82) is 0 Å². The van der Waals surface area contributed by atoms with E-state index in [-0.39, 0.29) is 18.7 Å². The molecule has 1 amide bonds. The van der Waals surface area contributed by atoms with Crippen molar-refractivity contribution >= 4 is 17.8 Å². The van der Waals surface area contributed by atoms with Gasteiger partial charge in [0.25, 0.3) is 0 Å². The minimum atomic E-state index is -1.19. The Bertz CT molecular complexity index is 434. The second-order valence-electron chi connectivity index (χ2n) is 7.59. The van der Waals surface area contributed by atoms with Crippen molar-refractivity contribution in [2.45, 2.75) is 111 Å². The zero-order chi connectivity index (χ0) is 23.2. The molecule has 3 N–H and O–H groups in total. The van der Waals surface area contributed by atoms with Gasteiger partial charge in [0.2, 0.25) is 5.91 Å². The number of carboxylic acids is 2. The van der Waals surface area contributed by atoms with E-state index in [9.17, 15) is 14.4 Å². The number of carbonyl (C=O) groups excluding carboxylic acids is 1. The SMILES string of the molecule is CCCCCCCCCCCC(=O)NC(CCC(=O)O)C(=O)O.CCN(CC)CC. The smallest absolute Gasteiger partial charge is 0.326 e. The molecule has 0 aromatic carbocycles. The molecular weight excluding hydrogens is 384 g/mol. The maximum atomic E-state index is 11.7. The predicted octanol–water partition coefficient (Wildman–Crippen LogP) is 4.69. The van der Waals surface area contributed by atoms with Crippen LogP contribution in [0.2, 0.25) is 0 Å². The van der Waals surface area contributed by atoms with Crippen LogP contribution >= 0.6 is 0 Å². The molecule has 0 heterocycles. The molecule has 0 fully saturated rings. The Kier molecular flexibility index (Phi) is 22.5. The first-order valence-corrected chi connectivity index (χ1v) is 11.8. The standard InChI is InChI=1S/C17H31NO5.C6H15N/c1-2-3-4-5-6-7-8-9-10-11-15(19)18-14(17(22)23)12-13-16(20)21;1-4-7(5-2)6-3/h14H,2-13H2,1H3,(H,18,19)(H,20,21)(H,22,23);4-6H2,1-3H3. The van der Waals surface area contributed by atoms with Gasteiger partial charge in [0.05, 0.1) is 0 Å². The fourth-order valence-electron chi connectivity index (χ4n) is 3.06. The molecule has 0 saturated carbocycles. The summed E-state index contributed by atoms with van der Waals surface area (Å²) in [6, 6.07) is -1.11. The summed E-state index contributed by atoms with van der Waals surface area (Å²) in [6.07, 6.45) is 10.3. The Morgan fingerprint density at radius 1 is 0.733 bits per heavy atom. The van der Waals surface area contributed by atoms with Crippen LogP contribution in [0.4, 0.5) is 0 Å². The molecule has 0 aromatic heterocycles. The fraction of sp³-hybridized carbons (Fsp3) is 0.870. The van der Waals surface area contributed by atoms with E-state index in [1.54, 1.807) is 0 Å². The Balaban J connectivity index is 0. The van der Waals surface area contributed by atoms with Crippen molar-refractivity contribution in [2.24, 2.45) is 0 Å². The Hall–Kier alpha value is -1.63. The van der Waals surface area contributed by atoms with Crippen LogP contribution in [0.3, 0.4) is 0 Å². The van der Waals surface area contributed by atoms with Crippen LogP contribution in [-0.2, 0) is 14.4 Å². The van der Waals surface area contributed by atoms with Crippen LogP contribution in [0.15, 0.2) is 0 Å². The summed E-state index contributed by atoms with van der Waals surface area (Å²) >= 11 is 0. The highest BCUT2D eigenvalue weighted by Crippen LogP contribution is 2.10. The van der Waals surface area contributed by atoms with E-state index in [1.807, 2.05) is 0 Å². The highest BCUT2D eigenvalue weighted by molar-refractivity contribution is 5.83. The van der Waals surface area contributed by atoms with E-state index in [2.05, 4.69) is 37.9 Å². The molecule has 0 rings (SSSR count). The van der Waals surface area contributed by atoms with Crippen LogP contribution in [0, 0.1) is 0 Å². The number of hydrogen-bond donors (Lipinski definition) is 3. The third-order valence-corrected chi connectivity index (χ3v) is 5.13. The molecule has 30 heavy (non-hydrogen) atoms. The zero-order valence-electron chi connectivity index (χ0n) is 19.8. The van der Waals surface area contributed by atoms with Gasteiger partial charge >= 0.3 is 11.9 Å². The van der Waals surface area contributed by atoms with Crippen molar-refractivity contribution in [3.8, 4) is 0 Å². The van der Waals surface area contributed by atoms with Gasteiger partial charge in [-0.2, -0.15) is 0 Å². The van der Waals surface area contributed by atoms with Gasteiger partial charge < -0.3 is 20.4 Å². The van der Waals surface area contributed by atoms with Crippen molar-refractivity contribution in [3.05, 3.63) is 0 Å². The Labute approximate surface area is 183 Å². The van der Waals surface area contributed by atoms with Crippen molar-refractivity contribution in [3.63, 3.8) is 0 Å². The van der Waals surface area contributed by atoms with E-state index in [0.29, 0.717) is 6.42 Å². The van der Waals surface area contributed by atoms with Gasteiger partial charge in [0.1, 0.15) is 6.04 Å². The Morgan fingerprint density at radius 2 is 1.20 bits per heavy atom. The number of rotatable bonds is 18. The second kappa shape index (κ2) is 22.1. The largest absolute Gasteiger partial charge is 0.481 e. The summed E-state index contributed by atoms with van der Waals surface area (Å²) in [5.41, 5.74) is 0. The number of amides is 1. The monoisotopic (exact) mass is 430 g/mol. The third kappa shape index (κ3) is 21.1. The summed E-state index contributed by atoms with van der Waals surface area (Å²) in [5, 5.41) is 19.9. The Morgan fingerprint density at radius 3 is 1.57 bits per heavy atom. The normalized spacial score (nSPS) is 11.5. The van der Waals surface area contributed by atoms with E-state index in [0.717, 1.165) is 19.3 Å². The van der Waals surface area contributed by atoms with Gasteiger partial charge in [-0.25, -0.2) is 4.79 Å². The second-order valence-corrected chi connectivity index (χ2v) is 7.59. The average Bonchev–Trinajstić information content (AvgIpc) is 2.71. The first kappa shape index (κ1) is 30.6. The number of unbranched alkanes of at least 4 members (excludes halogenated alkanes) is 8. The molecule has 0 saturated heterocycles. The van der Waals surface area contributed by atoms with Crippen molar-refractivity contribution < 1.29 is 24.6 Å². The predicted molar refractivity (Wildman–Crippen MR) is 122 cm³/mol. The van der Waals surface area contributed by atoms with E-state index >= 15 is 0 Å². The summed E-state index contributed by atoms with van der Waals surface area (Å²) < 4.78 is 0. The molecule has 0 aliphatic carbocycles. The summed E-state index contributed by atoms with van der Waals surface area (Å²) in [6.45, 7) is 12.3. The van der Waals surface area contributed by atoms with E-state index in [1.165, 1.54) is 58.2 Å². The molecule has 0 aromatic rings. The molecular formula is C23H46N2O5. The van der Waals surface area contributed by atoms with Gasteiger partial charge in [-0.1, -0.05) is 79.1 Å². The van der Waals surface area contributed by atoms with Crippen LogP contribution < -0.4 is 5.32 Å². The summed E-state index contributed by atoms with van der Waals surface area (Å²) in [7, 11) is 0. The molecule has 0 bridgehead atoms. The topological polar surface area (TPSA) is 107 Å². The minimum absolute atomic E-state index is 0.0891. The fourth-order valence-corrected chi connectivity index (χ4v) is 3.06. The van der Waals surface area contributed by atoms with Crippen molar-refractivity contribution in [1.82, 2.24) is 10.2 Å². The first-order chi connectivity index (χ1) is 14.3. The van der Waals surface area contributed by atoms with E-state index < -0.39 is 18.0 Å². The van der Waals surface area contributed by atoms with Crippen LogP contribution in [0.25, 0.3) is 0 Å². The number of aliphatic carboxylic acids is 2. The maximum absolute atomic E-state index is 11.7. The molecule has 7 nitrogen and oxygen atoms in total. The lowest BCUT2D eigenvalue weighted by Gasteiger charge is -2.13. The molecule has 0 aliphatic rings. The molecule has 1 atom stereocenters. The van der Waals surface area contributed by atoms with Gasteiger partial charge in [-0.15, -0.1) is 0 Å². The zero-order valence-corrected chi connectivity index (χ0v) is 19.8. The maximum Gasteiger partial charge on any atom is 0.326 e. The van der Waals surface area contributed by atoms with Crippen LogP contribution in [0.5, 0.6) is 0 Å². The summed E-state index contributed by atoms with van der Waals surface area (Å²) in [5.74, 6) is -2.57. The number of carboxylic acid groups (broad SMARTS) is 2. The van der Waals surface area contributed by atoms with Gasteiger partial charge in [-0.05, 0) is 32.5 Å². The van der Waals surface area contributed by atoms with Gasteiger partial charge in [0.15, 0.2) is 0 Å². The van der Waals surface area contributed by atoms with Crippen molar-refractivity contribution in [2.75, 3.05) is 19.6 Å². The summed E-state index contributed by atoms with van der Waals surface area (Å²) in [4.78, 5) is 35.5. The lowest BCUT2D eigenvalue weighted by Crippen LogP contribution is -2.41. The van der Waals surface area contributed by atoms with Crippen LogP contribution in [0.1, 0.15) is 105 Å². The lowest BCUT2D eigenvalue weighted by molar-refractivity contribution is -0.143. The minimum Gasteiger partial charge on any atom is -0.481 e. The van der Waals surface area contributed by atoms with E-state index in [4.69, 9.17) is 10.2 Å². The molecule has 0 spiro atoms. The lowest BCUT2D eigenvalue weighted by atomic mass is 10.1. The molecule has 1 unspecified atom stereocenters. The number of carbonyl (C=O) groups is 3. The molecule has 7 heteroatoms. The molecule has 178 valence electrons. The highest BCUT2D eigenvalue weighted by atomic mass is 16.4. The number of hydrogen-bond acceptors (Lipinski definition) is 4. The quantitative estimate of drug-likeness (QED) is 0.272. The van der Waals surface area contributed by atoms with Gasteiger partial charge in [-0.3, -0.25) is 9.59 Å². The molecule has 0 radical (unpaired) electrons. The molecule has 0 aliphatic heterocycles. The average molecular weight is 431 g/mol. The number of nitrogens with zero attached hydrogens (tertiary/aromatic N) is 1. The highest BCUT2D eigenvalue weighted by Gasteiger charge is 2.20.